The lowest BCUT2D eigenvalue weighted by Gasteiger charge is -2.16. The van der Waals surface area contributed by atoms with Crippen LogP contribution in [-0.2, 0) is 4.74 Å². The number of carbonyl (C=O) groups excluding carboxylic acids is 1. The van der Waals surface area contributed by atoms with E-state index in [0.29, 0.717) is 27.9 Å². The van der Waals surface area contributed by atoms with Crippen LogP contribution in [0.5, 0.6) is 0 Å². The lowest BCUT2D eigenvalue weighted by atomic mass is 10.1. The van der Waals surface area contributed by atoms with Gasteiger partial charge < -0.3 is 15.8 Å². The largest absolute Gasteiger partial charge is 0.465 e. The number of benzene rings is 1. The highest BCUT2D eigenvalue weighted by Gasteiger charge is 2.19. The van der Waals surface area contributed by atoms with Gasteiger partial charge in [0.05, 0.1) is 23.4 Å². The standard InChI is InChI=1S/C14H19ClN2O2/c1-19-14(18)11-6-10(16)7-12(15)13(11)17-8-9-4-2-3-5-9/h6-7,9,17H,2-5,8,16H2,1H3. The van der Waals surface area contributed by atoms with Crippen LogP contribution in [-0.4, -0.2) is 19.6 Å². The first-order valence-electron chi connectivity index (χ1n) is 6.53. The number of carbonyl (C=O) groups is 1. The summed E-state index contributed by atoms with van der Waals surface area (Å²) in [5.74, 6) is 0.224. The fourth-order valence-electron chi connectivity index (χ4n) is 2.54. The number of ether oxygens (including phenoxy) is 1. The van der Waals surface area contributed by atoms with Gasteiger partial charge in [0.15, 0.2) is 0 Å². The van der Waals surface area contributed by atoms with E-state index in [0.717, 1.165) is 6.54 Å². The molecule has 5 heteroatoms. The molecule has 1 aliphatic carbocycles. The summed E-state index contributed by atoms with van der Waals surface area (Å²) in [5.41, 5.74) is 7.19. The molecule has 0 aromatic heterocycles. The van der Waals surface area contributed by atoms with Crippen molar-refractivity contribution in [3.63, 3.8) is 0 Å². The van der Waals surface area contributed by atoms with Crippen LogP contribution < -0.4 is 11.1 Å². The Hall–Kier alpha value is -1.42. The minimum atomic E-state index is -0.428. The van der Waals surface area contributed by atoms with E-state index in [9.17, 15) is 4.79 Å². The maximum atomic E-state index is 11.8. The zero-order valence-electron chi connectivity index (χ0n) is 11.0. The smallest absolute Gasteiger partial charge is 0.340 e. The molecule has 0 saturated heterocycles. The van der Waals surface area contributed by atoms with E-state index < -0.39 is 5.97 Å². The van der Waals surface area contributed by atoms with Gasteiger partial charge in [-0.2, -0.15) is 0 Å². The van der Waals surface area contributed by atoms with Crippen molar-refractivity contribution in [3.05, 3.63) is 22.7 Å². The Morgan fingerprint density at radius 2 is 2.16 bits per heavy atom. The number of anilines is 2. The number of nitrogen functional groups attached to an aromatic ring is 1. The minimum absolute atomic E-state index is 0.394. The monoisotopic (exact) mass is 282 g/mol. The number of rotatable bonds is 4. The van der Waals surface area contributed by atoms with Gasteiger partial charge in [-0.05, 0) is 30.9 Å². The quantitative estimate of drug-likeness (QED) is 0.657. The zero-order chi connectivity index (χ0) is 13.8. The molecule has 0 radical (unpaired) electrons. The predicted octanol–water partition coefficient (Wildman–Crippen LogP) is 3.31. The minimum Gasteiger partial charge on any atom is -0.465 e. The van der Waals surface area contributed by atoms with E-state index in [1.54, 1.807) is 12.1 Å². The SMILES string of the molecule is COC(=O)c1cc(N)cc(Cl)c1NCC1CCCC1. The fraction of sp³-hybridized carbons (Fsp3) is 0.500. The zero-order valence-corrected chi connectivity index (χ0v) is 11.8. The Morgan fingerprint density at radius 1 is 1.47 bits per heavy atom. The molecule has 4 nitrogen and oxygen atoms in total. The van der Waals surface area contributed by atoms with Gasteiger partial charge in [-0.1, -0.05) is 24.4 Å². The molecule has 1 fully saturated rings. The highest BCUT2D eigenvalue weighted by atomic mass is 35.5. The molecule has 0 atom stereocenters. The fourth-order valence-corrected chi connectivity index (χ4v) is 2.83. The number of nitrogens with one attached hydrogen (secondary N) is 1. The number of nitrogens with two attached hydrogens (primary N) is 1. The van der Waals surface area contributed by atoms with Crippen molar-refractivity contribution >= 4 is 28.9 Å². The Bertz CT molecular complexity index is 471. The van der Waals surface area contributed by atoms with Crippen LogP contribution in [0.4, 0.5) is 11.4 Å². The van der Waals surface area contributed by atoms with E-state index in [-0.39, 0.29) is 0 Å². The van der Waals surface area contributed by atoms with Gasteiger partial charge in [0.1, 0.15) is 0 Å². The second kappa shape index (κ2) is 6.15. The summed E-state index contributed by atoms with van der Waals surface area (Å²) in [6.45, 7) is 0.827. The molecular formula is C14H19ClN2O2. The summed E-state index contributed by atoms with van der Waals surface area (Å²) in [6.07, 6.45) is 5.03. The van der Waals surface area contributed by atoms with Gasteiger partial charge in [0.2, 0.25) is 0 Å². The summed E-state index contributed by atoms with van der Waals surface area (Å²) < 4.78 is 4.77. The predicted molar refractivity (Wildman–Crippen MR) is 77.7 cm³/mol. The maximum Gasteiger partial charge on any atom is 0.340 e. The van der Waals surface area contributed by atoms with E-state index in [1.807, 2.05) is 0 Å². The van der Waals surface area contributed by atoms with Crippen LogP contribution in [0.15, 0.2) is 12.1 Å². The lowest BCUT2D eigenvalue weighted by molar-refractivity contribution is 0.0602. The van der Waals surface area contributed by atoms with Crippen molar-refractivity contribution in [2.45, 2.75) is 25.7 Å². The van der Waals surface area contributed by atoms with Crippen molar-refractivity contribution < 1.29 is 9.53 Å². The van der Waals surface area contributed by atoms with Gasteiger partial charge in [0.25, 0.3) is 0 Å². The van der Waals surface area contributed by atoms with Gasteiger partial charge in [-0.15, -0.1) is 0 Å². The second-order valence-electron chi connectivity index (χ2n) is 4.95. The average Bonchev–Trinajstić information content (AvgIpc) is 2.89. The molecule has 104 valence electrons. The molecule has 0 spiro atoms. The van der Waals surface area contributed by atoms with Crippen LogP contribution in [0.25, 0.3) is 0 Å². The van der Waals surface area contributed by atoms with Crippen LogP contribution in [0, 0.1) is 5.92 Å². The first-order chi connectivity index (χ1) is 9.11. The summed E-state index contributed by atoms with van der Waals surface area (Å²) in [7, 11) is 1.35. The van der Waals surface area contributed by atoms with Crippen molar-refractivity contribution in [2.75, 3.05) is 24.7 Å². The molecule has 0 aliphatic heterocycles. The van der Waals surface area contributed by atoms with Crippen LogP contribution >= 0.6 is 11.6 Å². The topological polar surface area (TPSA) is 64.3 Å². The lowest BCUT2D eigenvalue weighted by Crippen LogP contribution is -2.15. The Labute approximate surface area is 118 Å². The molecule has 1 aromatic rings. The third-order valence-electron chi connectivity index (χ3n) is 3.56. The average molecular weight is 283 g/mol. The maximum absolute atomic E-state index is 11.8. The van der Waals surface area contributed by atoms with E-state index in [4.69, 9.17) is 22.1 Å². The Balaban J connectivity index is 2.19. The van der Waals surface area contributed by atoms with Gasteiger partial charge in [-0.3, -0.25) is 0 Å². The van der Waals surface area contributed by atoms with Gasteiger partial charge in [0, 0.05) is 12.2 Å². The summed E-state index contributed by atoms with van der Waals surface area (Å²) in [4.78, 5) is 11.8. The molecule has 3 N–H and O–H groups in total. The van der Waals surface area contributed by atoms with Crippen molar-refractivity contribution in [3.8, 4) is 0 Å². The molecule has 19 heavy (non-hydrogen) atoms. The van der Waals surface area contributed by atoms with Crippen LogP contribution in [0.1, 0.15) is 36.0 Å². The van der Waals surface area contributed by atoms with Gasteiger partial charge in [-0.25, -0.2) is 4.79 Å². The number of hydrogen-bond donors (Lipinski definition) is 2. The molecule has 1 aromatic carbocycles. The van der Waals surface area contributed by atoms with E-state index >= 15 is 0 Å². The first kappa shape index (κ1) is 14.0. The van der Waals surface area contributed by atoms with E-state index in [2.05, 4.69) is 5.32 Å². The van der Waals surface area contributed by atoms with Crippen molar-refractivity contribution in [2.24, 2.45) is 5.92 Å². The first-order valence-corrected chi connectivity index (χ1v) is 6.91. The third-order valence-corrected chi connectivity index (χ3v) is 3.86. The number of hydrogen-bond acceptors (Lipinski definition) is 4. The van der Waals surface area contributed by atoms with E-state index in [1.165, 1.54) is 32.8 Å². The summed E-state index contributed by atoms with van der Waals surface area (Å²) in [6, 6.07) is 3.24. The molecule has 0 bridgehead atoms. The highest BCUT2D eigenvalue weighted by molar-refractivity contribution is 6.34. The molecule has 2 rings (SSSR count). The van der Waals surface area contributed by atoms with Crippen LogP contribution in [0.2, 0.25) is 5.02 Å². The number of esters is 1. The Kier molecular flexibility index (Phi) is 4.53. The summed E-state index contributed by atoms with van der Waals surface area (Å²) in [5, 5.41) is 3.73. The number of methoxy groups -OCH3 is 1. The third kappa shape index (κ3) is 3.32. The number of halogens is 1. The van der Waals surface area contributed by atoms with Gasteiger partial charge >= 0.3 is 5.97 Å². The highest BCUT2D eigenvalue weighted by Crippen LogP contribution is 2.31. The molecular weight excluding hydrogens is 264 g/mol. The summed E-state index contributed by atoms with van der Waals surface area (Å²) >= 11 is 6.17. The molecule has 0 amide bonds. The van der Waals surface area contributed by atoms with Crippen molar-refractivity contribution in [1.29, 1.82) is 0 Å². The Morgan fingerprint density at radius 3 is 2.79 bits per heavy atom. The molecule has 0 heterocycles. The van der Waals surface area contributed by atoms with Crippen molar-refractivity contribution in [1.82, 2.24) is 0 Å². The molecule has 1 aliphatic rings. The second-order valence-corrected chi connectivity index (χ2v) is 5.36. The van der Waals surface area contributed by atoms with Crippen LogP contribution in [0.3, 0.4) is 0 Å². The molecule has 0 unspecified atom stereocenters. The normalized spacial score (nSPS) is 15.5. The molecule has 1 saturated carbocycles.